The average Bonchev–Trinajstić information content (AvgIpc) is 2.58. The molecular formula is C17H15FN2O6. The standard InChI is InChI=1S/C17H15FN2O6/c1-9-3-6-15(21)12(7-9)17(23)26-10(2)16(22)19-11-4-5-13(18)14(8-11)20(24)25/h3-8,10,21H,1-2H3,(H,19,22). The first-order valence-corrected chi connectivity index (χ1v) is 7.44. The molecule has 0 fully saturated rings. The average molecular weight is 362 g/mol. The van der Waals surface area contributed by atoms with Crippen LogP contribution in [0.1, 0.15) is 22.8 Å². The zero-order chi connectivity index (χ0) is 19.4. The Balaban J connectivity index is 2.08. The van der Waals surface area contributed by atoms with Gasteiger partial charge < -0.3 is 15.2 Å². The van der Waals surface area contributed by atoms with Crippen LogP contribution in [0.2, 0.25) is 0 Å². The number of carbonyl (C=O) groups is 2. The molecule has 26 heavy (non-hydrogen) atoms. The van der Waals surface area contributed by atoms with Crippen molar-refractivity contribution in [2.45, 2.75) is 20.0 Å². The summed E-state index contributed by atoms with van der Waals surface area (Å²) >= 11 is 0. The lowest BCUT2D eigenvalue weighted by molar-refractivity contribution is -0.387. The minimum absolute atomic E-state index is 0.0237. The highest BCUT2D eigenvalue weighted by atomic mass is 19.1. The summed E-state index contributed by atoms with van der Waals surface area (Å²) in [7, 11) is 0. The van der Waals surface area contributed by atoms with Crippen LogP contribution < -0.4 is 5.32 Å². The molecule has 0 aliphatic heterocycles. The zero-order valence-electron chi connectivity index (χ0n) is 13.9. The Labute approximate surface area is 147 Å². The fourth-order valence-corrected chi connectivity index (χ4v) is 2.07. The SMILES string of the molecule is Cc1ccc(O)c(C(=O)OC(C)C(=O)Nc2ccc(F)c([N+](=O)[O-])c2)c1. The fraction of sp³-hybridized carbons (Fsp3) is 0.176. The number of rotatable bonds is 5. The van der Waals surface area contributed by atoms with Gasteiger partial charge in [0.25, 0.3) is 5.91 Å². The van der Waals surface area contributed by atoms with E-state index in [1.54, 1.807) is 13.0 Å². The van der Waals surface area contributed by atoms with Gasteiger partial charge in [0.1, 0.15) is 11.3 Å². The number of ether oxygens (including phenoxy) is 1. The van der Waals surface area contributed by atoms with Crippen molar-refractivity contribution in [3.8, 4) is 5.75 Å². The number of aryl methyl sites for hydroxylation is 1. The molecule has 8 nitrogen and oxygen atoms in total. The number of nitrogens with zero attached hydrogens (tertiary/aromatic N) is 1. The topological polar surface area (TPSA) is 119 Å². The molecule has 0 radical (unpaired) electrons. The molecule has 2 N–H and O–H groups in total. The zero-order valence-corrected chi connectivity index (χ0v) is 13.9. The Bertz CT molecular complexity index is 884. The number of esters is 1. The minimum atomic E-state index is -1.26. The fourth-order valence-electron chi connectivity index (χ4n) is 2.07. The first-order valence-electron chi connectivity index (χ1n) is 7.44. The van der Waals surface area contributed by atoms with E-state index in [0.29, 0.717) is 5.56 Å². The van der Waals surface area contributed by atoms with Crippen LogP contribution in [0.4, 0.5) is 15.8 Å². The number of carbonyl (C=O) groups excluding carboxylic acids is 2. The number of anilines is 1. The number of hydrogen-bond acceptors (Lipinski definition) is 6. The third-order valence-corrected chi connectivity index (χ3v) is 3.44. The van der Waals surface area contributed by atoms with E-state index < -0.39 is 34.4 Å². The quantitative estimate of drug-likeness (QED) is 0.479. The highest BCUT2D eigenvalue weighted by molar-refractivity contribution is 5.98. The highest BCUT2D eigenvalue weighted by Crippen LogP contribution is 2.22. The maximum Gasteiger partial charge on any atom is 0.342 e. The van der Waals surface area contributed by atoms with Crippen molar-refractivity contribution in [3.63, 3.8) is 0 Å². The van der Waals surface area contributed by atoms with E-state index in [-0.39, 0.29) is 17.0 Å². The first-order chi connectivity index (χ1) is 12.2. The number of phenols is 1. The van der Waals surface area contributed by atoms with Gasteiger partial charge in [-0.15, -0.1) is 0 Å². The number of nitro benzene ring substituents is 1. The molecule has 0 saturated carbocycles. The lowest BCUT2D eigenvalue weighted by atomic mass is 10.1. The molecule has 0 saturated heterocycles. The second kappa shape index (κ2) is 7.60. The summed E-state index contributed by atoms with van der Waals surface area (Å²) in [5, 5.41) is 22.7. The van der Waals surface area contributed by atoms with E-state index in [1.807, 2.05) is 0 Å². The Morgan fingerprint density at radius 2 is 1.96 bits per heavy atom. The van der Waals surface area contributed by atoms with E-state index in [2.05, 4.69) is 5.32 Å². The molecule has 0 aliphatic rings. The predicted octanol–water partition coefficient (Wildman–Crippen LogP) is 2.93. The number of benzene rings is 2. The summed E-state index contributed by atoms with van der Waals surface area (Å²) in [4.78, 5) is 33.9. The van der Waals surface area contributed by atoms with Crippen LogP contribution in [0, 0.1) is 22.9 Å². The number of nitrogens with one attached hydrogen (secondary N) is 1. The number of aromatic hydroxyl groups is 1. The van der Waals surface area contributed by atoms with Crippen molar-refractivity contribution in [1.29, 1.82) is 0 Å². The Morgan fingerprint density at radius 3 is 2.62 bits per heavy atom. The van der Waals surface area contributed by atoms with Gasteiger partial charge in [0.05, 0.1) is 4.92 Å². The Morgan fingerprint density at radius 1 is 1.27 bits per heavy atom. The maximum atomic E-state index is 13.3. The Hall–Kier alpha value is -3.49. The third-order valence-electron chi connectivity index (χ3n) is 3.44. The van der Waals surface area contributed by atoms with Crippen LogP contribution in [0.15, 0.2) is 36.4 Å². The normalized spacial score (nSPS) is 11.5. The van der Waals surface area contributed by atoms with Crippen molar-refractivity contribution in [1.82, 2.24) is 0 Å². The van der Waals surface area contributed by atoms with Crippen molar-refractivity contribution >= 4 is 23.3 Å². The molecule has 0 bridgehead atoms. The number of halogens is 1. The molecule has 1 atom stereocenters. The van der Waals surface area contributed by atoms with E-state index in [1.165, 1.54) is 19.1 Å². The number of nitro groups is 1. The van der Waals surface area contributed by atoms with Gasteiger partial charge in [-0.3, -0.25) is 14.9 Å². The van der Waals surface area contributed by atoms with Crippen molar-refractivity contribution in [3.05, 3.63) is 63.5 Å². The number of hydrogen-bond donors (Lipinski definition) is 2. The predicted molar refractivity (Wildman–Crippen MR) is 89.4 cm³/mol. The van der Waals surface area contributed by atoms with Gasteiger partial charge in [-0.1, -0.05) is 11.6 Å². The summed E-state index contributed by atoms with van der Waals surface area (Å²) in [6.07, 6.45) is -1.26. The van der Waals surface area contributed by atoms with Crippen molar-refractivity contribution < 1.29 is 28.7 Å². The highest BCUT2D eigenvalue weighted by Gasteiger charge is 2.22. The van der Waals surface area contributed by atoms with Gasteiger partial charge in [-0.2, -0.15) is 4.39 Å². The molecule has 136 valence electrons. The smallest absolute Gasteiger partial charge is 0.342 e. The molecule has 0 heterocycles. The van der Waals surface area contributed by atoms with Crippen molar-refractivity contribution in [2.75, 3.05) is 5.32 Å². The lowest BCUT2D eigenvalue weighted by Gasteiger charge is -2.14. The number of phenolic OH excluding ortho intramolecular Hbond substituents is 1. The summed E-state index contributed by atoms with van der Waals surface area (Å²) in [5.74, 6) is -3.00. The van der Waals surface area contributed by atoms with Gasteiger partial charge in [-0.25, -0.2) is 4.79 Å². The summed E-state index contributed by atoms with van der Waals surface area (Å²) in [5.41, 5.74) is -0.200. The van der Waals surface area contributed by atoms with Gasteiger partial charge in [0.15, 0.2) is 6.10 Å². The molecule has 1 amide bonds. The maximum absolute atomic E-state index is 13.3. The van der Waals surface area contributed by atoms with Crippen LogP contribution in [0.25, 0.3) is 0 Å². The summed E-state index contributed by atoms with van der Waals surface area (Å²) in [6, 6.07) is 7.17. The molecule has 0 aromatic heterocycles. The van der Waals surface area contributed by atoms with Gasteiger partial charge >= 0.3 is 11.7 Å². The van der Waals surface area contributed by atoms with Crippen LogP contribution in [-0.4, -0.2) is 28.0 Å². The lowest BCUT2D eigenvalue weighted by Crippen LogP contribution is -2.30. The van der Waals surface area contributed by atoms with Crippen LogP contribution >= 0.6 is 0 Å². The first kappa shape index (κ1) is 18.8. The second-order valence-electron chi connectivity index (χ2n) is 5.48. The molecule has 2 aromatic rings. The van der Waals surface area contributed by atoms with Gasteiger partial charge in [-0.05, 0) is 38.1 Å². The molecule has 0 spiro atoms. The molecule has 2 aromatic carbocycles. The second-order valence-corrected chi connectivity index (χ2v) is 5.48. The van der Waals surface area contributed by atoms with E-state index in [4.69, 9.17) is 4.74 Å². The van der Waals surface area contributed by atoms with Crippen LogP contribution in [0.5, 0.6) is 5.75 Å². The molecule has 9 heteroatoms. The van der Waals surface area contributed by atoms with Gasteiger partial charge in [0.2, 0.25) is 5.82 Å². The number of amides is 1. The van der Waals surface area contributed by atoms with E-state index in [9.17, 15) is 29.2 Å². The van der Waals surface area contributed by atoms with Crippen LogP contribution in [0.3, 0.4) is 0 Å². The Kier molecular flexibility index (Phi) is 5.51. The summed E-state index contributed by atoms with van der Waals surface area (Å²) in [6.45, 7) is 3.01. The van der Waals surface area contributed by atoms with Crippen LogP contribution in [-0.2, 0) is 9.53 Å². The largest absolute Gasteiger partial charge is 0.507 e. The minimum Gasteiger partial charge on any atom is -0.507 e. The molecule has 0 aliphatic carbocycles. The molecular weight excluding hydrogens is 347 g/mol. The van der Waals surface area contributed by atoms with E-state index in [0.717, 1.165) is 18.2 Å². The third kappa shape index (κ3) is 4.32. The van der Waals surface area contributed by atoms with Gasteiger partial charge in [0, 0.05) is 11.8 Å². The van der Waals surface area contributed by atoms with Crippen molar-refractivity contribution in [2.24, 2.45) is 0 Å². The summed E-state index contributed by atoms with van der Waals surface area (Å²) < 4.78 is 18.3. The molecule has 1 unspecified atom stereocenters. The van der Waals surface area contributed by atoms with E-state index >= 15 is 0 Å². The molecule has 2 rings (SSSR count). The monoisotopic (exact) mass is 362 g/mol.